The van der Waals surface area contributed by atoms with Gasteiger partial charge < -0.3 is 4.74 Å². The number of hydrogen-bond donors (Lipinski definition) is 0. The normalized spacial score (nSPS) is 11.0. The fourth-order valence-electron chi connectivity index (χ4n) is 1.07. The summed E-state index contributed by atoms with van der Waals surface area (Å²) in [6.07, 6.45) is 0. The van der Waals surface area contributed by atoms with Gasteiger partial charge in [0.15, 0.2) is 5.75 Å². The van der Waals surface area contributed by atoms with Crippen molar-refractivity contribution in [1.82, 2.24) is 0 Å². The Kier molecular flexibility index (Phi) is 4.71. The molecule has 6 nitrogen and oxygen atoms in total. The fraction of sp³-hybridized carbons (Fsp3) is 0.111. The van der Waals surface area contributed by atoms with Gasteiger partial charge in [0.2, 0.25) is 0 Å². The summed E-state index contributed by atoms with van der Waals surface area (Å²) in [6.45, 7) is 3.53. The van der Waals surface area contributed by atoms with Crippen molar-refractivity contribution in [3.05, 3.63) is 39.4 Å². The van der Waals surface area contributed by atoms with Crippen LogP contribution in [0.15, 0.2) is 34.2 Å². The summed E-state index contributed by atoms with van der Waals surface area (Å²) in [5, 5.41) is 10.8. The van der Waals surface area contributed by atoms with Gasteiger partial charge in [-0.05, 0) is 12.1 Å². The van der Waals surface area contributed by atoms with Crippen LogP contribution in [0.4, 0.5) is 5.69 Å². The predicted octanol–water partition coefficient (Wildman–Crippen LogP) is 2.81. The minimum Gasteiger partial charge on any atom is -0.481 e. The van der Waals surface area contributed by atoms with Crippen molar-refractivity contribution in [2.75, 3.05) is 6.61 Å². The van der Waals surface area contributed by atoms with Gasteiger partial charge in [-0.2, -0.15) is 0 Å². The molecular formula is C9H7BrClNO5S. The lowest BCUT2D eigenvalue weighted by Gasteiger charge is -2.06. The van der Waals surface area contributed by atoms with E-state index in [1.54, 1.807) is 0 Å². The van der Waals surface area contributed by atoms with Crippen molar-refractivity contribution in [1.29, 1.82) is 0 Å². The first-order valence-electron chi connectivity index (χ1n) is 4.41. The largest absolute Gasteiger partial charge is 0.481 e. The van der Waals surface area contributed by atoms with Crippen LogP contribution in [0.25, 0.3) is 0 Å². The zero-order valence-corrected chi connectivity index (χ0v) is 12.0. The van der Waals surface area contributed by atoms with E-state index in [9.17, 15) is 18.5 Å². The second-order valence-corrected chi connectivity index (χ2v) is 6.82. The maximum absolute atomic E-state index is 11.1. The van der Waals surface area contributed by atoms with Crippen LogP contribution in [-0.4, -0.2) is 19.9 Å². The Balaban J connectivity index is 3.21. The molecule has 0 saturated carbocycles. The molecule has 0 aromatic heterocycles. The van der Waals surface area contributed by atoms with Crippen LogP contribution in [0.5, 0.6) is 5.75 Å². The number of ether oxygens (including phenoxy) is 1. The quantitative estimate of drug-likeness (QED) is 0.460. The minimum atomic E-state index is -4.02. The van der Waals surface area contributed by atoms with Gasteiger partial charge in [-0.15, -0.1) is 0 Å². The zero-order chi connectivity index (χ0) is 13.9. The average Bonchev–Trinajstić information content (AvgIpc) is 2.24. The monoisotopic (exact) mass is 355 g/mol. The topological polar surface area (TPSA) is 86.5 Å². The Morgan fingerprint density at radius 1 is 1.56 bits per heavy atom. The maximum atomic E-state index is 11.1. The highest BCUT2D eigenvalue weighted by Crippen LogP contribution is 2.31. The molecule has 0 aliphatic rings. The molecule has 98 valence electrons. The van der Waals surface area contributed by atoms with Crippen molar-refractivity contribution >= 4 is 41.4 Å². The van der Waals surface area contributed by atoms with Crippen molar-refractivity contribution in [3.63, 3.8) is 0 Å². The summed E-state index contributed by atoms with van der Waals surface area (Å²) < 4.78 is 27.7. The SMILES string of the molecule is C=C(Br)COc1ccc(S(=O)(=O)Cl)cc1[N+](=O)[O-]. The third kappa shape index (κ3) is 3.97. The Morgan fingerprint density at radius 2 is 2.17 bits per heavy atom. The summed E-state index contributed by atoms with van der Waals surface area (Å²) >= 11 is 3.03. The van der Waals surface area contributed by atoms with E-state index in [0.29, 0.717) is 4.48 Å². The van der Waals surface area contributed by atoms with Gasteiger partial charge in [-0.25, -0.2) is 8.42 Å². The molecule has 0 aliphatic carbocycles. The van der Waals surface area contributed by atoms with Crippen LogP contribution >= 0.6 is 26.6 Å². The molecule has 0 spiro atoms. The number of hydrogen-bond acceptors (Lipinski definition) is 5. The molecule has 1 rings (SSSR count). The molecule has 0 unspecified atom stereocenters. The number of nitrogens with zero attached hydrogens (tertiary/aromatic N) is 1. The molecule has 0 N–H and O–H groups in total. The van der Waals surface area contributed by atoms with Crippen LogP contribution in [0.3, 0.4) is 0 Å². The van der Waals surface area contributed by atoms with E-state index >= 15 is 0 Å². The zero-order valence-electron chi connectivity index (χ0n) is 8.80. The molecule has 0 radical (unpaired) electrons. The predicted molar refractivity (Wildman–Crippen MR) is 69.7 cm³/mol. The fourth-order valence-corrected chi connectivity index (χ4v) is 1.96. The van der Waals surface area contributed by atoms with Crippen LogP contribution in [0.2, 0.25) is 0 Å². The van der Waals surface area contributed by atoms with Gasteiger partial charge >= 0.3 is 5.69 Å². The van der Waals surface area contributed by atoms with Crippen LogP contribution in [0, 0.1) is 10.1 Å². The Labute approximate surface area is 116 Å². The van der Waals surface area contributed by atoms with Crippen molar-refractivity contribution in [2.24, 2.45) is 0 Å². The smallest absolute Gasteiger partial charge is 0.312 e. The third-order valence-corrected chi connectivity index (χ3v) is 3.37. The molecular weight excluding hydrogens is 350 g/mol. The molecule has 18 heavy (non-hydrogen) atoms. The Morgan fingerprint density at radius 3 is 2.61 bits per heavy atom. The van der Waals surface area contributed by atoms with Crippen LogP contribution < -0.4 is 4.74 Å². The number of benzene rings is 1. The van der Waals surface area contributed by atoms with E-state index in [2.05, 4.69) is 22.5 Å². The molecule has 1 aromatic rings. The first-order chi connectivity index (χ1) is 8.21. The summed E-state index contributed by atoms with van der Waals surface area (Å²) in [4.78, 5) is 9.69. The highest BCUT2D eigenvalue weighted by molar-refractivity contribution is 9.11. The molecule has 9 heteroatoms. The maximum Gasteiger partial charge on any atom is 0.312 e. The van der Waals surface area contributed by atoms with E-state index in [1.807, 2.05) is 0 Å². The minimum absolute atomic E-state index is 0.0216. The lowest BCUT2D eigenvalue weighted by molar-refractivity contribution is -0.386. The van der Waals surface area contributed by atoms with Gasteiger partial charge in [0, 0.05) is 21.2 Å². The van der Waals surface area contributed by atoms with Gasteiger partial charge in [-0.1, -0.05) is 22.5 Å². The summed E-state index contributed by atoms with van der Waals surface area (Å²) in [6, 6.07) is 3.14. The second-order valence-electron chi connectivity index (χ2n) is 3.13. The van der Waals surface area contributed by atoms with Gasteiger partial charge in [0.1, 0.15) is 6.61 Å². The van der Waals surface area contributed by atoms with E-state index in [0.717, 1.165) is 12.1 Å². The second kappa shape index (κ2) is 5.68. The van der Waals surface area contributed by atoms with Crippen molar-refractivity contribution in [3.8, 4) is 5.75 Å². The van der Waals surface area contributed by atoms with Crippen molar-refractivity contribution in [2.45, 2.75) is 4.90 Å². The highest BCUT2D eigenvalue weighted by Gasteiger charge is 2.20. The first kappa shape index (κ1) is 14.9. The standard InChI is InChI=1S/C9H7BrClNO5S/c1-6(10)5-17-9-3-2-7(18(11,15)16)4-8(9)12(13)14/h2-4H,1,5H2. The highest BCUT2D eigenvalue weighted by atomic mass is 79.9. The first-order valence-corrected chi connectivity index (χ1v) is 7.51. The van der Waals surface area contributed by atoms with Gasteiger partial charge in [0.05, 0.1) is 9.82 Å². The molecule has 0 bridgehead atoms. The number of nitro benzene ring substituents is 1. The number of nitro groups is 1. The third-order valence-electron chi connectivity index (χ3n) is 1.79. The molecule has 0 atom stereocenters. The molecule has 1 aromatic carbocycles. The van der Waals surface area contributed by atoms with Crippen LogP contribution in [-0.2, 0) is 9.05 Å². The summed E-state index contributed by atoms with van der Waals surface area (Å²) in [5.74, 6) is -0.0651. The molecule has 0 aliphatic heterocycles. The lowest BCUT2D eigenvalue weighted by Crippen LogP contribution is -2.01. The number of rotatable bonds is 5. The molecule has 0 heterocycles. The molecule has 0 amide bonds. The van der Waals surface area contributed by atoms with Crippen LogP contribution in [0.1, 0.15) is 0 Å². The average molecular weight is 357 g/mol. The van der Waals surface area contributed by atoms with E-state index in [1.165, 1.54) is 6.07 Å². The Hall–Kier alpha value is -1.12. The molecule has 0 saturated heterocycles. The van der Waals surface area contributed by atoms with Gasteiger partial charge in [0.25, 0.3) is 9.05 Å². The Bertz CT molecular complexity index is 601. The van der Waals surface area contributed by atoms with Crippen molar-refractivity contribution < 1.29 is 18.1 Å². The van der Waals surface area contributed by atoms with E-state index < -0.39 is 19.7 Å². The van der Waals surface area contributed by atoms with Gasteiger partial charge in [-0.3, -0.25) is 10.1 Å². The summed E-state index contributed by atoms with van der Waals surface area (Å²) in [5.41, 5.74) is -0.481. The summed E-state index contributed by atoms with van der Waals surface area (Å²) in [7, 11) is 1.08. The molecule has 0 fully saturated rings. The lowest BCUT2D eigenvalue weighted by atomic mass is 10.3. The van der Waals surface area contributed by atoms with E-state index in [4.69, 9.17) is 15.4 Å². The van der Waals surface area contributed by atoms with E-state index in [-0.39, 0.29) is 17.3 Å². The number of halogens is 2.